The van der Waals surface area contributed by atoms with Crippen molar-refractivity contribution in [2.45, 2.75) is 52.4 Å². The molecule has 0 N–H and O–H groups in total. The van der Waals surface area contributed by atoms with E-state index in [1.807, 2.05) is 6.20 Å². The lowest BCUT2D eigenvalue weighted by Crippen LogP contribution is -2.16. The molecule has 0 aliphatic carbocycles. The number of ether oxygens (including phenoxy) is 1. The third-order valence-corrected chi connectivity index (χ3v) is 8.15. The number of fused-ring (bicyclic) bond motifs is 5. The van der Waals surface area contributed by atoms with Gasteiger partial charge in [0, 0.05) is 11.8 Å². The number of aromatic nitrogens is 1. The third-order valence-electron chi connectivity index (χ3n) is 8.15. The van der Waals surface area contributed by atoms with Gasteiger partial charge in [0.05, 0.1) is 11.1 Å². The zero-order valence-electron chi connectivity index (χ0n) is 23.5. The Labute approximate surface area is 230 Å². The zero-order chi connectivity index (χ0) is 27.1. The maximum atomic E-state index is 6.60. The van der Waals surface area contributed by atoms with Gasteiger partial charge in [0.2, 0.25) is 0 Å². The van der Waals surface area contributed by atoms with Crippen molar-refractivity contribution in [2.75, 3.05) is 0 Å². The van der Waals surface area contributed by atoms with Crippen molar-refractivity contribution in [3.05, 3.63) is 102 Å². The summed E-state index contributed by atoms with van der Waals surface area (Å²) in [5, 5.41) is 7.05. The van der Waals surface area contributed by atoms with E-state index < -0.39 is 0 Å². The molecule has 1 aliphatic rings. The van der Waals surface area contributed by atoms with Gasteiger partial charge in [-0.05, 0) is 84.3 Å². The minimum atomic E-state index is 0.0497. The van der Waals surface area contributed by atoms with Crippen LogP contribution in [-0.4, -0.2) is 4.98 Å². The molecule has 0 unspecified atom stereocenters. The summed E-state index contributed by atoms with van der Waals surface area (Å²) in [6.45, 7) is 13.8. The molecule has 0 fully saturated rings. The Kier molecular flexibility index (Phi) is 5.01. The highest BCUT2D eigenvalue weighted by molar-refractivity contribution is 6.20. The van der Waals surface area contributed by atoms with Gasteiger partial charge in [-0.3, -0.25) is 4.98 Å². The number of hydrogen-bond donors (Lipinski definition) is 0. The van der Waals surface area contributed by atoms with Crippen LogP contribution in [0, 0.1) is 0 Å². The number of hydrogen-bond acceptors (Lipinski definition) is 2. The fraction of sp³-hybridized carbons (Fsp3) is 0.216. The first-order valence-electron chi connectivity index (χ1n) is 13.8. The lowest BCUT2D eigenvalue weighted by atomic mass is 9.78. The summed E-state index contributed by atoms with van der Waals surface area (Å²) < 4.78 is 6.60. The molecule has 1 aliphatic heterocycles. The second-order valence-corrected chi connectivity index (χ2v) is 13.0. The predicted molar refractivity (Wildman–Crippen MR) is 165 cm³/mol. The van der Waals surface area contributed by atoms with Gasteiger partial charge in [0.1, 0.15) is 11.5 Å². The molecule has 0 amide bonds. The fourth-order valence-electron chi connectivity index (χ4n) is 5.91. The van der Waals surface area contributed by atoms with E-state index in [0.29, 0.717) is 0 Å². The third kappa shape index (κ3) is 3.81. The van der Waals surface area contributed by atoms with Crippen LogP contribution in [0.2, 0.25) is 0 Å². The molecule has 7 rings (SSSR count). The zero-order valence-corrected chi connectivity index (χ0v) is 23.5. The first-order chi connectivity index (χ1) is 18.6. The van der Waals surface area contributed by atoms with E-state index >= 15 is 0 Å². The van der Waals surface area contributed by atoms with Gasteiger partial charge >= 0.3 is 0 Å². The molecule has 0 spiro atoms. The Morgan fingerprint density at radius 1 is 0.564 bits per heavy atom. The van der Waals surface area contributed by atoms with Crippen molar-refractivity contribution in [2.24, 2.45) is 0 Å². The lowest BCUT2D eigenvalue weighted by molar-refractivity contribution is 0.488. The van der Waals surface area contributed by atoms with Crippen molar-refractivity contribution in [3.63, 3.8) is 0 Å². The lowest BCUT2D eigenvalue weighted by Gasteiger charge is -2.27. The van der Waals surface area contributed by atoms with Crippen molar-refractivity contribution in [3.8, 4) is 33.9 Å². The highest BCUT2D eigenvalue weighted by Crippen LogP contribution is 2.50. The Hall–Kier alpha value is -4.17. The predicted octanol–water partition coefficient (Wildman–Crippen LogP) is 10.6. The monoisotopic (exact) mass is 507 g/mol. The van der Waals surface area contributed by atoms with Crippen molar-refractivity contribution < 1.29 is 4.74 Å². The molecule has 2 nitrogen and oxygen atoms in total. The molecule has 1 aromatic heterocycles. The van der Waals surface area contributed by atoms with E-state index in [9.17, 15) is 0 Å². The van der Waals surface area contributed by atoms with Crippen LogP contribution in [0.1, 0.15) is 52.7 Å². The molecule has 0 saturated carbocycles. The molecule has 0 bridgehead atoms. The molecular weight excluding hydrogens is 474 g/mol. The van der Waals surface area contributed by atoms with Gasteiger partial charge in [0.15, 0.2) is 0 Å². The molecule has 0 atom stereocenters. The van der Waals surface area contributed by atoms with Gasteiger partial charge in [-0.1, -0.05) is 102 Å². The van der Waals surface area contributed by atoms with Crippen molar-refractivity contribution in [1.82, 2.24) is 4.98 Å². The summed E-state index contributed by atoms with van der Waals surface area (Å²) in [7, 11) is 0. The Morgan fingerprint density at radius 3 is 1.90 bits per heavy atom. The average Bonchev–Trinajstić information content (AvgIpc) is 2.90. The van der Waals surface area contributed by atoms with Crippen LogP contribution >= 0.6 is 0 Å². The van der Waals surface area contributed by atoms with Crippen LogP contribution in [0.4, 0.5) is 0 Å². The standard InChI is InChI=1S/C37H33NO/c1-36(2,3)26-16-25(17-27(21-26)37(4,5)6)28-13-9-12-24-20-32-34-29(33(24)28)14-15-38-35(34)30-18-22-10-7-8-11-23(22)19-31(30)39-32/h7-21H,1-6H3. The SMILES string of the molecule is CC(C)(C)c1cc(-c2cccc3cc4c5c(nccc5c23)-c2cc3ccccc3cc2O4)cc(C(C)(C)C)c1. The van der Waals surface area contributed by atoms with Crippen LogP contribution in [0.5, 0.6) is 11.5 Å². The normalized spacial score (nSPS) is 13.1. The number of nitrogens with zero attached hydrogens (tertiary/aromatic N) is 1. The highest BCUT2D eigenvalue weighted by atomic mass is 16.5. The van der Waals surface area contributed by atoms with Gasteiger partial charge in [-0.2, -0.15) is 0 Å². The molecule has 2 heteroatoms. The van der Waals surface area contributed by atoms with Gasteiger partial charge in [-0.15, -0.1) is 0 Å². The van der Waals surface area contributed by atoms with Crippen LogP contribution in [-0.2, 0) is 10.8 Å². The van der Waals surface area contributed by atoms with Crippen molar-refractivity contribution in [1.29, 1.82) is 0 Å². The highest BCUT2D eigenvalue weighted by Gasteiger charge is 2.25. The molecule has 0 saturated heterocycles. The maximum Gasteiger partial charge on any atom is 0.138 e. The molecule has 39 heavy (non-hydrogen) atoms. The Bertz CT molecular complexity index is 1920. The molecule has 6 aromatic rings. The smallest absolute Gasteiger partial charge is 0.138 e. The van der Waals surface area contributed by atoms with Gasteiger partial charge < -0.3 is 4.74 Å². The first kappa shape index (κ1) is 23.9. The minimum absolute atomic E-state index is 0.0497. The van der Waals surface area contributed by atoms with E-state index in [4.69, 9.17) is 9.72 Å². The van der Waals surface area contributed by atoms with E-state index in [1.54, 1.807) is 0 Å². The van der Waals surface area contributed by atoms with Gasteiger partial charge in [0.25, 0.3) is 0 Å². The Morgan fingerprint density at radius 2 is 1.21 bits per heavy atom. The van der Waals surface area contributed by atoms with E-state index in [-0.39, 0.29) is 10.8 Å². The molecular formula is C37H33NO. The second kappa shape index (κ2) is 8.16. The van der Waals surface area contributed by atoms with Crippen LogP contribution in [0.3, 0.4) is 0 Å². The average molecular weight is 508 g/mol. The molecule has 192 valence electrons. The van der Waals surface area contributed by atoms with Crippen LogP contribution in [0.15, 0.2) is 91.1 Å². The maximum absolute atomic E-state index is 6.60. The topological polar surface area (TPSA) is 22.1 Å². The minimum Gasteiger partial charge on any atom is -0.456 e. The van der Waals surface area contributed by atoms with E-state index in [1.165, 1.54) is 49.2 Å². The van der Waals surface area contributed by atoms with Crippen molar-refractivity contribution >= 4 is 32.3 Å². The number of benzene rings is 5. The fourth-order valence-corrected chi connectivity index (χ4v) is 5.91. The molecule has 0 radical (unpaired) electrons. The number of pyridine rings is 1. The summed E-state index contributed by atoms with van der Waals surface area (Å²) in [5.74, 6) is 1.74. The van der Waals surface area contributed by atoms with E-state index in [0.717, 1.165) is 28.1 Å². The summed E-state index contributed by atoms with van der Waals surface area (Å²) in [5.41, 5.74) is 7.36. The van der Waals surface area contributed by atoms with E-state index in [2.05, 4.69) is 126 Å². The van der Waals surface area contributed by atoms with Gasteiger partial charge in [-0.25, -0.2) is 0 Å². The summed E-state index contributed by atoms with van der Waals surface area (Å²) in [4.78, 5) is 4.91. The summed E-state index contributed by atoms with van der Waals surface area (Å²) in [6, 6.07) is 30.9. The molecule has 2 heterocycles. The first-order valence-corrected chi connectivity index (χ1v) is 13.8. The number of rotatable bonds is 1. The quantitative estimate of drug-likeness (QED) is 0.206. The summed E-state index contributed by atoms with van der Waals surface area (Å²) >= 11 is 0. The molecule has 5 aromatic carbocycles. The second-order valence-electron chi connectivity index (χ2n) is 13.0. The van der Waals surface area contributed by atoms with Crippen LogP contribution < -0.4 is 4.74 Å². The van der Waals surface area contributed by atoms with Crippen LogP contribution in [0.25, 0.3) is 54.7 Å². The Balaban J connectivity index is 1.55. The largest absolute Gasteiger partial charge is 0.456 e. The summed E-state index contributed by atoms with van der Waals surface area (Å²) in [6.07, 6.45) is 1.95.